The molecule has 0 bridgehead atoms. The van der Waals surface area contributed by atoms with Crippen LogP contribution in [0.3, 0.4) is 0 Å². The van der Waals surface area contributed by atoms with Crippen molar-refractivity contribution in [2.75, 3.05) is 32.6 Å². The van der Waals surface area contributed by atoms with Gasteiger partial charge in [-0.25, -0.2) is 0 Å². The standard InChI is InChI=1S/C12H24ClNO/c1-11(5-7-13)6-9-14-8-3-4-12(10-14)15-2/h11-12H,3-10H2,1-2H3. The van der Waals surface area contributed by atoms with Gasteiger partial charge in [0, 0.05) is 19.5 Å². The lowest BCUT2D eigenvalue weighted by Gasteiger charge is -2.32. The fraction of sp³-hybridized carbons (Fsp3) is 1.00. The summed E-state index contributed by atoms with van der Waals surface area (Å²) < 4.78 is 5.41. The van der Waals surface area contributed by atoms with Crippen molar-refractivity contribution in [1.82, 2.24) is 4.90 Å². The van der Waals surface area contributed by atoms with Gasteiger partial charge in [-0.3, -0.25) is 0 Å². The van der Waals surface area contributed by atoms with Crippen molar-refractivity contribution in [3.05, 3.63) is 0 Å². The van der Waals surface area contributed by atoms with Crippen LogP contribution < -0.4 is 0 Å². The molecule has 1 aliphatic rings. The molecule has 0 amide bonds. The lowest BCUT2D eigenvalue weighted by Crippen LogP contribution is -2.40. The number of ether oxygens (including phenoxy) is 1. The zero-order chi connectivity index (χ0) is 11.1. The average molecular weight is 234 g/mol. The summed E-state index contributed by atoms with van der Waals surface area (Å²) in [6.07, 6.45) is 5.38. The molecule has 1 heterocycles. The summed E-state index contributed by atoms with van der Waals surface area (Å²) >= 11 is 5.73. The SMILES string of the molecule is COC1CCCN(CCC(C)CCCl)C1. The summed E-state index contributed by atoms with van der Waals surface area (Å²) in [6.45, 7) is 5.86. The quantitative estimate of drug-likeness (QED) is 0.655. The highest BCUT2D eigenvalue weighted by molar-refractivity contribution is 6.17. The van der Waals surface area contributed by atoms with Crippen LogP contribution in [0.4, 0.5) is 0 Å². The molecule has 2 atom stereocenters. The van der Waals surface area contributed by atoms with Crippen LogP contribution in [-0.4, -0.2) is 43.6 Å². The van der Waals surface area contributed by atoms with E-state index in [-0.39, 0.29) is 0 Å². The summed E-state index contributed by atoms with van der Waals surface area (Å²) in [6, 6.07) is 0. The van der Waals surface area contributed by atoms with Crippen LogP contribution in [0.2, 0.25) is 0 Å². The number of nitrogens with zero attached hydrogens (tertiary/aromatic N) is 1. The first-order valence-electron chi connectivity index (χ1n) is 6.07. The van der Waals surface area contributed by atoms with Crippen molar-refractivity contribution in [2.24, 2.45) is 5.92 Å². The number of alkyl halides is 1. The van der Waals surface area contributed by atoms with E-state index in [9.17, 15) is 0 Å². The van der Waals surface area contributed by atoms with Crippen LogP contribution in [0.25, 0.3) is 0 Å². The predicted octanol–water partition coefficient (Wildman–Crippen LogP) is 2.75. The fourth-order valence-electron chi connectivity index (χ4n) is 2.14. The molecule has 0 aliphatic carbocycles. The molecule has 2 nitrogen and oxygen atoms in total. The molecule has 0 N–H and O–H groups in total. The van der Waals surface area contributed by atoms with Gasteiger partial charge in [0.1, 0.15) is 0 Å². The van der Waals surface area contributed by atoms with Crippen molar-refractivity contribution in [2.45, 2.75) is 38.7 Å². The molecule has 90 valence electrons. The molecule has 0 radical (unpaired) electrons. The van der Waals surface area contributed by atoms with Gasteiger partial charge in [-0.05, 0) is 44.7 Å². The fourth-order valence-corrected chi connectivity index (χ4v) is 2.51. The Balaban J connectivity index is 2.14. The normalized spacial score (nSPS) is 25.4. The molecular formula is C12H24ClNO. The summed E-state index contributed by atoms with van der Waals surface area (Å²) in [5.74, 6) is 1.55. The molecular weight excluding hydrogens is 210 g/mol. The predicted molar refractivity (Wildman–Crippen MR) is 65.6 cm³/mol. The third-order valence-corrected chi connectivity index (χ3v) is 3.55. The van der Waals surface area contributed by atoms with Crippen LogP contribution >= 0.6 is 11.6 Å². The molecule has 0 aromatic heterocycles. The highest BCUT2D eigenvalue weighted by Crippen LogP contribution is 2.15. The Labute approximate surface area is 98.9 Å². The third kappa shape index (κ3) is 5.19. The molecule has 2 unspecified atom stereocenters. The van der Waals surface area contributed by atoms with Gasteiger partial charge in [0.2, 0.25) is 0 Å². The lowest BCUT2D eigenvalue weighted by atomic mass is 10.0. The summed E-state index contributed by atoms with van der Waals surface area (Å²) in [7, 11) is 1.82. The molecule has 0 aromatic carbocycles. The average Bonchev–Trinajstić information content (AvgIpc) is 2.27. The van der Waals surface area contributed by atoms with Gasteiger partial charge in [-0.1, -0.05) is 6.92 Å². The van der Waals surface area contributed by atoms with E-state index in [1.807, 2.05) is 7.11 Å². The van der Waals surface area contributed by atoms with Crippen molar-refractivity contribution >= 4 is 11.6 Å². The van der Waals surface area contributed by atoms with E-state index in [1.54, 1.807) is 0 Å². The first-order chi connectivity index (χ1) is 7.26. The van der Waals surface area contributed by atoms with Gasteiger partial charge in [0.25, 0.3) is 0 Å². The van der Waals surface area contributed by atoms with Gasteiger partial charge in [0.05, 0.1) is 6.10 Å². The molecule has 3 heteroatoms. The maximum Gasteiger partial charge on any atom is 0.0698 e. The Kier molecular flexibility index (Phi) is 6.62. The Bertz CT molecular complexity index is 166. The number of methoxy groups -OCH3 is 1. The zero-order valence-electron chi connectivity index (χ0n) is 10.0. The number of hydrogen-bond donors (Lipinski definition) is 0. The molecule has 0 saturated carbocycles. The highest BCUT2D eigenvalue weighted by Gasteiger charge is 2.19. The molecule has 1 saturated heterocycles. The van der Waals surface area contributed by atoms with E-state index < -0.39 is 0 Å². The maximum absolute atomic E-state index is 5.73. The lowest BCUT2D eigenvalue weighted by molar-refractivity contribution is 0.0297. The second kappa shape index (κ2) is 7.48. The molecule has 1 fully saturated rings. The monoisotopic (exact) mass is 233 g/mol. The first-order valence-corrected chi connectivity index (χ1v) is 6.60. The number of hydrogen-bond acceptors (Lipinski definition) is 2. The highest BCUT2D eigenvalue weighted by atomic mass is 35.5. The van der Waals surface area contributed by atoms with Crippen LogP contribution in [0.1, 0.15) is 32.6 Å². The summed E-state index contributed by atoms with van der Waals surface area (Å²) in [4.78, 5) is 2.53. The van der Waals surface area contributed by atoms with E-state index in [1.165, 1.54) is 32.4 Å². The first kappa shape index (κ1) is 13.3. The van der Waals surface area contributed by atoms with Crippen LogP contribution in [0.15, 0.2) is 0 Å². The second-order valence-electron chi connectivity index (χ2n) is 4.67. The number of piperidine rings is 1. The minimum atomic E-state index is 0.460. The molecule has 15 heavy (non-hydrogen) atoms. The smallest absolute Gasteiger partial charge is 0.0698 e. The van der Waals surface area contributed by atoms with Crippen molar-refractivity contribution in [3.63, 3.8) is 0 Å². The third-order valence-electron chi connectivity index (χ3n) is 3.34. The van der Waals surface area contributed by atoms with Crippen molar-refractivity contribution < 1.29 is 4.74 Å². The van der Waals surface area contributed by atoms with Crippen LogP contribution in [0, 0.1) is 5.92 Å². The Morgan fingerprint density at radius 3 is 2.93 bits per heavy atom. The van der Waals surface area contributed by atoms with E-state index in [0.717, 1.165) is 24.8 Å². The van der Waals surface area contributed by atoms with E-state index in [2.05, 4.69) is 11.8 Å². The number of halogens is 1. The van der Waals surface area contributed by atoms with E-state index in [4.69, 9.17) is 16.3 Å². The molecule has 0 spiro atoms. The molecule has 1 rings (SSSR count). The Morgan fingerprint density at radius 2 is 2.27 bits per heavy atom. The van der Waals surface area contributed by atoms with E-state index >= 15 is 0 Å². The zero-order valence-corrected chi connectivity index (χ0v) is 10.8. The minimum Gasteiger partial charge on any atom is -0.380 e. The van der Waals surface area contributed by atoms with Crippen molar-refractivity contribution in [1.29, 1.82) is 0 Å². The maximum atomic E-state index is 5.73. The summed E-state index contributed by atoms with van der Waals surface area (Å²) in [5.41, 5.74) is 0. The number of rotatable bonds is 6. The largest absolute Gasteiger partial charge is 0.380 e. The van der Waals surface area contributed by atoms with Crippen molar-refractivity contribution in [3.8, 4) is 0 Å². The second-order valence-corrected chi connectivity index (χ2v) is 5.05. The van der Waals surface area contributed by atoms with Gasteiger partial charge in [-0.15, -0.1) is 11.6 Å². The van der Waals surface area contributed by atoms with Gasteiger partial charge in [-0.2, -0.15) is 0 Å². The van der Waals surface area contributed by atoms with Gasteiger partial charge in [0.15, 0.2) is 0 Å². The van der Waals surface area contributed by atoms with Crippen LogP contribution in [0.5, 0.6) is 0 Å². The van der Waals surface area contributed by atoms with Gasteiger partial charge < -0.3 is 9.64 Å². The summed E-state index contributed by atoms with van der Waals surface area (Å²) in [5, 5.41) is 0. The van der Waals surface area contributed by atoms with E-state index in [0.29, 0.717) is 6.10 Å². The van der Waals surface area contributed by atoms with Gasteiger partial charge >= 0.3 is 0 Å². The molecule has 1 aliphatic heterocycles. The number of likely N-dealkylation sites (tertiary alicyclic amines) is 1. The van der Waals surface area contributed by atoms with Crippen LogP contribution in [-0.2, 0) is 4.74 Å². The molecule has 0 aromatic rings. The minimum absolute atomic E-state index is 0.460. The Hall–Kier alpha value is 0.210. The Morgan fingerprint density at radius 1 is 1.47 bits per heavy atom. The topological polar surface area (TPSA) is 12.5 Å².